The molecule has 0 aromatic carbocycles. The van der Waals surface area contributed by atoms with E-state index in [4.69, 9.17) is 14.0 Å². The lowest BCUT2D eigenvalue weighted by Gasteiger charge is -2.12. The zero-order chi connectivity index (χ0) is 15.6. The zero-order valence-electron chi connectivity index (χ0n) is 13.3. The van der Waals surface area contributed by atoms with Gasteiger partial charge in [-0.05, 0) is 26.2 Å². The summed E-state index contributed by atoms with van der Waals surface area (Å²) in [4.78, 5) is 8.26. The second-order valence-electron chi connectivity index (χ2n) is 5.15. The molecule has 2 heterocycles. The van der Waals surface area contributed by atoms with Crippen LogP contribution in [0.3, 0.4) is 0 Å². The van der Waals surface area contributed by atoms with E-state index in [1.165, 1.54) is 0 Å². The maximum absolute atomic E-state index is 5.61. The molecule has 1 aromatic heterocycles. The summed E-state index contributed by atoms with van der Waals surface area (Å²) in [6.45, 7) is 5.31. The molecule has 1 unspecified atom stereocenters. The maximum atomic E-state index is 5.61. The minimum absolute atomic E-state index is 0.292. The second kappa shape index (κ2) is 9.37. The van der Waals surface area contributed by atoms with E-state index in [0.717, 1.165) is 32.4 Å². The molecule has 1 aliphatic rings. The van der Waals surface area contributed by atoms with E-state index in [0.29, 0.717) is 43.5 Å². The monoisotopic (exact) mass is 311 g/mol. The molecule has 8 nitrogen and oxygen atoms in total. The normalized spacial score (nSPS) is 18.6. The molecule has 1 aromatic rings. The number of ether oxygens (including phenoxy) is 2. The highest BCUT2D eigenvalue weighted by molar-refractivity contribution is 5.79. The van der Waals surface area contributed by atoms with Crippen molar-refractivity contribution >= 4 is 5.96 Å². The fourth-order valence-corrected chi connectivity index (χ4v) is 2.16. The van der Waals surface area contributed by atoms with E-state index in [9.17, 15) is 0 Å². The van der Waals surface area contributed by atoms with Gasteiger partial charge in [0, 0.05) is 26.8 Å². The first-order chi connectivity index (χ1) is 10.8. The summed E-state index contributed by atoms with van der Waals surface area (Å²) in [5.41, 5.74) is 0. The third-order valence-corrected chi connectivity index (χ3v) is 3.29. The van der Waals surface area contributed by atoms with Gasteiger partial charge in [-0.15, -0.1) is 0 Å². The number of nitrogens with zero attached hydrogens (tertiary/aromatic N) is 3. The minimum atomic E-state index is 0.292. The van der Waals surface area contributed by atoms with Gasteiger partial charge in [-0.25, -0.2) is 0 Å². The summed E-state index contributed by atoms with van der Waals surface area (Å²) in [7, 11) is 1.72. The Hall–Kier alpha value is -1.67. The van der Waals surface area contributed by atoms with Crippen molar-refractivity contribution in [3.63, 3.8) is 0 Å². The summed E-state index contributed by atoms with van der Waals surface area (Å²) >= 11 is 0. The molecule has 0 radical (unpaired) electrons. The molecule has 0 aliphatic carbocycles. The quantitative estimate of drug-likeness (QED) is 0.413. The topological polar surface area (TPSA) is 93.8 Å². The third kappa shape index (κ3) is 5.98. The van der Waals surface area contributed by atoms with Crippen molar-refractivity contribution in [2.75, 3.05) is 33.4 Å². The molecule has 0 amide bonds. The van der Waals surface area contributed by atoms with Crippen molar-refractivity contribution in [2.24, 2.45) is 4.99 Å². The Morgan fingerprint density at radius 1 is 1.45 bits per heavy atom. The van der Waals surface area contributed by atoms with Gasteiger partial charge in [0.25, 0.3) is 0 Å². The van der Waals surface area contributed by atoms with Crippen LogP contribution >= 0.6 is 0 Å². The van der Waals surface area contributed by atoms with Crippen LogP contribution in [-0.4, -0.2) is 55.6 Å². The smallest absolute Gasteiger partial charge is 0.246 e. The lowest BCUT2D eigenvalue weighted by Crippen LogP contribution is -2.37. The maximum Gasteiger partial charge on any atom is 0.246 e. The van der Waals surface area contributed by atoms with E-state index in [2.05, 4.69) is 25.8 Å². The highest BCUT2D eigenvalue weighted by atomic mass is 16.5. The van der Waals surface area contributed by atoms with E-state index in [1.54, 1.807) is 14.0 Å². The fraction of sp³-hybridized carbons (Fsp3) is 0.786. The molecule has 8 heteroatoms. The number of aryl methyl sites for hydroxylation is 1. The molecule has 124 valence electrons. The lowest BCUT2D eigenvalue weighted by atomic mass is 10.2. The van der Waals surface area contributed by atoms with Crippen molar-refractivity contribution < 1.29 is 14.0 Å². The van der Waals surface area contributed by atoms with E-state index >= 15 is 0 Å². The standard InChI is InChI=1S/C14H25N5O3/c1-11-18-13(22-19-11)9-17-14(15-2)16-6-4-7-20-10-12-5-3-8-21-12/h12H,3-10H2,1-2H3,(H2,15,16,17). The highest BCUT2D eigenvalue weighted by Crippen LogP contribution is 2.11. The number of aromatic nitrogens is 2. The second-order valence-corrected chi connectivity index (χ2v) is 5.15. The number of aliphatic imine (C=N–C) groups is 1. The molecule has 2 N–H and O–H groups in total. The van der Waals surface area contributed by atoms with Crippen LogP contribution in [0.4, 0.5) is 0 Å². The van der Waals surface area contributed by atoms with Crippen molar-refractivity contribution in [3.8, 4) is 0 Å². The third-order valence-electron chi connectivity index (χ3n) is 3.29. The molecule has 1 aliphatic heterocycles. The van der Waals surface area contributed by atoms with Crippen LogP contribution in [-0.2, 0) is 16.0 Å². The summed E-state index contributed by atoms with van der Waals surface area (Å²) in [5.74, 6) is 1.87. The molecule has 0 bridgehead atoms. The van der Waals surface area contributed by atoms with E-state index in [1.807, 2.05) is 0 Å². The molecule has 1 fully saturated rings. The first-order valence-electron chi connectivity index (χ1n) is 7.71. The number of hydrogen-bond donors (Lipinski definition) is 2. The van der Waals surface area contributed by atoms with Gasteiger partial charge in [0.15, 0.2) is 11.8 Å². The van der Waals surface area contributed by atoms with Crippen LogP contribution in [0, 0.1) is 6.92 Å². The summed E-state index contributed by atoms with van der Waals surface area (Å²) in [5, 5.41) is 10.1. The summed E-state index contributed by atoms with van der Waals surface area (Å²) in [6.07, 6.45) is 3.47. The Balaban J connectivity index is 1.50. The van der Waals surface area contributed by atoms with Crippen molar-refractivity contribution in [2.45, 2.75) is 38.8 Å². The van der Waals surface area contributed by atoms with Crippen molar-refractivity contribution in [1.29, 1.82) is 0 Å². The number of rotatable bonds is 8. The largest absolute Gasteiger partial charge is 0.379 e. The molecule has 2 rings (SSSR count). The van der Waals surface area contributed by atoms with Gasteiger partial charge in [0.2, 0.25) is 5.89 Å². The van der Waals surface area contributed by atoms with Crippen molar-refractivity contribution in [1.82, 2.24) is 20.8 Å². The first-order valence-corrected chi connectivity index (χ1v) is 7.71. The van der Waals surface area contributed by atoms with E-state index < -0.39 is 0 Å². The Morgan fingerprint density at radius 3 is 3.05 bits per heavy atom. The van der Waals surface area contributed by atoms with Crippen LogP contribution in [0.15, 0.2) is 9.52 Å². The van der Waals surface area contributed by atoms with E-state index in [-0.39, 0.29) is 0 Å². The van der Waals surface area contributed by atoms with Gasteiger partial charge in [-0.1, -0.05) is 5.16 Å². The van der Waals surface area contributed by atoms with Crippen LogP contribution in [0.1, 0.15) is 31.0 Å². The molecule has 0 saturated carbocycles. The first kappa shape index (κ1) is 16.7. The minimum Gasteiger partial charge on any atom is -0.379 e. The highest BCUT2D eigenvalue weighted by Gasteiger charge is 2.14. The van der Waals surface area contributed by atoms with Crippen LogP contribution < -0.4 is 10.6 Å². The Bertz CT molecular complexity index is 457. The average Bonchev–Trinajstić information content (AvgIpc) is 3.17. The Kier molecular flexibility index (Phi) is 7.11. The predicted molar refractivity (Wildman–Crippen MR) is 81.6 cm³/mol. The summed E-state index contributed by atoms with van der Waals surface area (Å²) < 4.78 is 16.1. The molecular weight excluding hydrogens is 286 g/mol. The number of hydrogen-bond acceptors (Lipinski definition) is 6. The van der Waals surface area contributed by atoms with Crippen LogP contribution in [0.5, 0.6) is 0 Å². The zero-order valence-corrected chi connectivity index (χ0v) is 13.3. The van der Waals surface area contributed by atoms with Gasteiger partial charge >= 0.3 is 0 Å². The fourth-order valence-electron chi connectivity index (χ4n) is 2.16. The van der Waals surface area contributed by atoms with Gasteiger partial charge in [-0.2, -0.15) is 4.98 Å². The Morgan fingerprint density at radius 2 is 2.36 bits per heavy atom. The molecular formula is C14H25N5O3. The number of guanidine groups is 1. The predicted octanol–water partition coefficient (Wildman–Crippen LogP) is 0.629. The summed E-state index contributed by atoms with van der Waals surface area (Å²) in [6, 6.07) is 0. The Labute approximate surface area is 130 Å². The van der Waals surface area contributed by atoms with Crippen molar-refractivity contribution in [3.05, 3.63) is 11.7 Å². The molecule has 22 heavy (non-hydrogen) atoms. The SMILES string of the molecule is CN=C(NCCCOCC1CCCO1)NCc1nc(C)no1. The molecule has 1 saturated heterocycles. The van der Waals surface area contributed by atoms with Gasteiger partial charge < -0.3 is 24.6 Å². The van der Waals surface area contributed by atoms with Gasteiger partial charge in [0.1, 0.15) is 0 Å². The van der Waals surface area contributed by atoms with Gasteiger partial charge in [0.05, 0.1) is 19.3 Å². The molecule has 0 spiro atoms. The van der Waals surface area contributed by atoms with Crippen LogP contribution in [0.25, 0.3) is 0 Å². The molecule has 1 atom stereocenters. The number of nitrogens with one attached hydrogen (secondary N) is 2. The average molecular weight is 311 g/mol. The van der Waals surface area contributed by atoms with Gasteiger partial charge in [-0.3, -0.25) is 4.99 Å². The van der Waals surface area contributed by atoms with Crippen LogP contribution in [0.2, 0.25) is 0 Å². The lowest BCUT2D eigenvalue weighted by molar-refractivity contribution is 0.0168.